The zero-order chi connectivity index (χ0) is 12.6. The first-order valence-corrected chi connectivity index (χ1v) is 12.0. The van der Waals surface area contributed by atoms with E-state index >= 15 is 0 Å². The molecule has 2 saturated heterocycles. The Bertz CT molecular complexity index is 189. The molecule has 0 spiro atoms. The van der Waals surface area contributed by atoms with Gasteiger partial charge < -0.3 is 0 Å². The first-order valence-electron chi connectivity index (χ1n) is 8.40. The van der Waals surface area contributed by atoms with Crippen molar-refractivity contribution in [2.24, 2.45) is 0 Å². The quantitative estimate of drug-likeness (QED) is 0.367. The molecule has 0 aromatic heterocycles. The highest BCUT2D eigenvalue weighted by Crippen LogP contribution is 2.64. The molecule has 106 valence electrons. The normalized spacial score (nSPS) is 22.3. The molecular formula is C16H32P2. The fourth-order valence-corrected chi connectivity index (χ4v) is 12.1. The molecule has 2 aliphatic rings. The monoisotopic (exact) mass is 286 g/mol. The van der Waals surface area contributed by atoms with Gasteiger partial charge in [-0.05, 0) is 62.2 Å². The van der Waals surface area contributed by atoms with Crippen molar-refractivity contribution in [3.05, 3.63) is 0 Å². The van der Waals surface area contributed by atoms with Gasteiger partial charge in [0.25, 0.3) is 0 Å². The summed E-state index contributed by atoms with van der Waals surface area (Å²) in [6.45, 7) is 2.33. The van der Waals surface area contributed by atoms with Gasteiger partial charge in [-0.15, -0.1) is 0 Å². The van der Waals surface area contributed by atoms with Crippen LogP contribution in [0.25, 0.3) is 0 Å². The van der Waals surface area contributed by atoms with E-state index in [9.17, 15) is 0 Å². The molecule has 2 rings (SSSR count). The fraction of sp³-hybridized carbons (Fsp3) is 1.00. The van der Waals surface area contributed by atoms with Crippen LogP contribution in [0.1, 0.15) is 71.1 Å². The summed E-state index contributed by atoms with van der Waals surface area (Å²) in [6.07, 6.45) is 21.9. The summed E-state index contributed by atoms with van der Waals surface area (Å²) in [7, 11) is 0.969. The van der Waals surface area contributed by atoms with Crippen molar-refractivity contribution in [1.82, 2.24) is 0 Å². The number of hydrogen-bond donors (Lipinski definition) is 0. The minimum atomic E-state index is 0.485. The highest BCUT2D eigenvalue weighted by atomic mass is 31.2. The Morgan fingerprint density at radius 2 is 1.22 bits per heavy atom. The van der Waals surface area contributed by atoms with Crippen molar-refractivity contribution in [2.75, 3.05) is 24.6 Å². The topological polar surface area (TPSA) is 0 Å². The van der Waals surface area contributed by atoms with Crippen molar-refractivity contribution >= 4 is 15.8 Å². The highest BCUT2D eigenvalue weighted by molar-refractivity contribution is 7.76. The Balaban J connectivity index is 1.73. The zero-order valence-corrected chi connectivity index (χ0v) is 14.2. The van der Waals surface area contributed by atoms with Crippen molar-refractivity contribution < 1.29 is 0 Å². The van der Waals surface area contributed by atoms with Crippen LogP contribution in [0.2, 0.25) is 0 Å². The van der Waals surface area contributed by atoms with E-state index in [4.69, 9.17) is 0 Å². The molecule has 0 nitrogen and oxygen atoms in total. The maximum atomic E-state index is 2.33. The van der Waals surface area contributed by atoms with Crippen molar-refractivity contribution in [2.45, 2.75) is 76.5 Å². The molecule has 0 N–H and O–H groups in total. The second kappa shape index (κ2) is 8.92. The van der Waals surface area contributed by atoms with E-state index in [-0.39, 0.29) is 0 Å². The standard InChI is InChI=1S/C16H32P2/c1-2-3-4-5-6-11-16(17-12-7-8-13-17)18-14-9-10-15-18/h16H,2-15H2,1H3. The van der Waals surface area contributed by atoms with E-state index in [1.165, 1.54) is 31.1 Å². The van der Waals surface area contributed by atoms with Gasteiger partial charge in [0.2, 0.25) is 0 Å². The van der Waals surface area contributed by atoms with Gasteiger partial charge in [-0.25, -0.2) is 0 Å². The third-order valence-corrected chi connectivity index (χ3v) is 12.4. The Hall–Kier alpha value is 0.860. The van der Waals surface area contributed by atoms with Crippen LogP contribution in [0.15, 0.2) is 0 Å². The first-order chi connectivity index (χ1) is 8.92. The van der Waals surface area contributed by atoms with Crippen LogP contribution in [0.3, 0.4) is 0 Å². The van der Waals surface area contributed by atoms with Crippen LogP contribution < -0.4 is 0 Å². The maximum Gasteiger partial charge on any atom is -0.000582 e. The first kappa shape index (κ1) is 15.3. The molecular weight excluding hydrogens is 254 g/mol. The fourth-order valence-electron chi connectivity index (χ4n) is 3.61. The van der Waals surface area contributed by atoms with Crippen LogP contribution in [0, 0.1) is 0 Å². The summed E-state index contributed by atoms with van der Waals surface area (Å²) in [5, 5.41) is 1.25. The predicted octanol–water partition coefficient (Wildman–Crippen LogP) is 6.22. The average molecular weight is 286 g/mol. The molecule has 0 aromatic carbocycles. The molecule has 0 bridgehead atoms. The Kier molecular flexibility index (Phi) is 7.56. The van der Waals surface area contributed by atoms with Crippen molar-refractivity contribution in [3.63, 3.8) is 0 Å². The molecule has 0 aromatic rings. The molecule has 2 heteroatoms. The summed E-state index contributed by atoms with van der Waals surface area (Å²) in [4.78, 5) is 0. The van der Waals surface area contributed by atoms with Gasteiger partial charge in [-0.3, -0.25) is 0 Å². The maximum absolute atomic E-state index is 2.33. The predicted molar refractivity (Wildman–Crippen MR) is 88.9 cm³/mol. The lowest BCUT2D eigenvalue weighted by Gasteiger charge is -2.30. The Labute approximate surface area is 117 Å². The summed E-state index contributed by atoms with van der Waals surface area (Å²) in [5.41, 5.74) is 0. The molecule has 2 aliphatic heterocycles. The summed E-state index contributed by atoms with van der Waals surface area (Å²) >= 11 is 0. The lowest BCUT2D eigenvalue weighted by molar-refractivity contribution is 0.620. The second-order valence-electron chi connectivity index (χ2n) is 6.17. The zero-order valence-electron chi connectivity index (χ0n) is 12.4. The lowest BCUT2D eigenvalue weighted by atomic mass is 10.1. The summed E-state index contributed by atoms with van der Waals surface area (Å²) in [6, 6.07) is 0. The van der Waals surface area contributed by atoms with Crippen LogP contribution >= 0.6 is 15.8 Å². The molecule has 18 heavy (non-hydrogen) atoms. The number of unbranched alkanes of at least 4 members (excludes halogenated alkanes) is 4. The van der Waals surface area contributed by atoms with E-state index < -0.39 is 0 Å². The van der Waals surface area contributed by atoms with Crippen LogP contribution in [0.5, 0.6) is 0 Å². The van der Waals surface area contributed by atoms with Gasteiger partial charge in [0.15, 0.2) is 0 Å². The molecule has 0 radical (unpaired) electrons. The number of hydrogen-bond acceptors (Lipinski definition) is 0. The van der Waals surface area contributed by atoms with Gasteiger partial charge >= 0.3 is 0 Å². The molecule has 0 saturated carbocycles. The highest BCUT2D eigenvalue weighted by Gasteiger charge is 2.31. The van der Waals surface area contributed by atoms with Gasteiger partial charge in [-0.1, -0.05) is 54.9 Å². The van der Waals surface area contributed by atoms with Crippen molar-refractivity contribution in [3.8, 4) is 0 Å². The van der Waals surface area contributed by atoms with Crippen LogP contribution in [-0.2, 0) is 0 Å². The molecule has 2 heterocycles. The van der Waals surface area contributed by atoms with E-state index in [0.29, 0.717) is 15.8 Å². The molecule has 0 unspecified atom stereocenters. The van der Waals surface area contributed by atoms with E-state index in [0.717, 1.165) is 0 Å². The largest absolute Gasteiger partial charge is 0.0991 e. The minimum absolute atomic E-state index is 0.485. The van der Waals surface area contributed by atoms with E-state index in [1.807, 2.05) is 0 Å². The Morgan fingerprint density at radius 1 is 0.722 bits per heavy atom. The molecule has 0 amide bonds. The molecule has 0 aliphatic carbocycles. The van der Waals surface area contributed by atoms with Crippen molar-refractivity contribution in [1.29, 1.82) is 0 Å². The van der Waals surface area contributed by atoms with Gasteiger partial charge in [0.05, 0.1) is 0 Å². The second-order valence-corrected chi connectivity index (χ2v) is 12.0. The Morgan fingerprint density at radius 3 is 1.72 bits per heavy atom. The van der Waals surface area contributed by atoms with Crippen LogP contribution in [-0.4, -0.2) is 30.0 Å². The van der Waals surface area contributed by atoms with Gasteiger partial charge in [-0.2, -0.15) is 0 Å². The summed E-state index contributed by atoms with van der Waals surface area (Å²) in [5.74, 6) is 0. The third-order valence-electron chi connectivity index (χ3n) is 4.69. The lowest BCUT2D eigenvalue weighted by Crippen LogP contribution is -2.06. The van der Waals surface area contributed by atoms with Gasteiger partial charge in [0.1, 0.15) is 0 Å². The minimum Gasteiger partial charge on any atom is -0.0991 e. The van der Waals surface area contributed by atoms with E-state index in [2.05, 4.69) is 6.92 Å². The third kappa shape index (κ3) is 4.76. The van der Waals surface area contributed by atoms with Gasteiger partial charge in [0, 0.05) is 0 Å². The average Bonchev–Trinajstić information content (AvgIpc) is 3.06. The SMILES string of the molecule is CCCCCCCC(P1CCCC1)P1CCCC1. The molecule has 0 atom stereocenters. The molecule has 2 fully saturated rings. The smallest absolute Gasteiger partial charge is 0.000582 e. The van der Waals surface area contributed by atoms with E-state index in [1.54, 1.807) is 63.2 Å². The number of rotatable bonds is 8. The van der Waals surface area contributed by atoms with Crippen LogP contribution in [0.4, 0.5) is 0 Å². The summed E-state index contributed by atoms with van der Waals surface area (Å²) < 4.78 is 0.